The molecule has 2 aromatic heterocycles. The van der Waals surface area contributed by atoms with E-state index in [0.29, 0.717) is 17.4 Å². The highest BCUT2D eigenvalue weighted by Crippen LogP contribution is 2.38. The highest BCUT2D eigenvalue weighted by Gasteiger charge is 2.38. The average Bonchev–Trinajstić information content (AvgIpc) is 2.88. The van der Waals surface area contributed by atoms with Crippen LogP contribution in [0.3, 0.4) is 0 Å². The van der Waals surface area contributed by atoms with Crippen LogP contribution in [0.4, 0.5) is 18.9 Å². The van der Waals surface area contributed by atoms with Crippen LogP contribution < -0.4 is 0 Å². The van der Waals surface area contributed by atoms with Crippen molar-refractivity contribution in [3.8, 4) is 11.3 Å². The van der Waals surface area contributed by atoms with Crippen molar-refractivity contribution in [2.24, 2.45) is 0 Å². The summed E-state index contributed by atoms with van der Waals surface area (Å²) < 4.78 is 40.9. The molecule has 0 amide bonds. The highest BCUT2D eigenvalue weighted by atomic mass is 79.9. The molecule has 0 aliphatic heterocycles. The van der Waals surface area contributed by atoms with Crippen LogP contribution in [0, 0.1) is 10.1 Å². The monoisotopic (exact) mass is 385 g/mol. The van der Waals surface area contributed by atoms with Gasteiger partial charge < -0.3 is 4.40 Å². The Morgan fingerprint density at radius 1 is 1.17 bits per heavy atom. The van der Waals surface area contributed by atoms with Crippen molar-refractivity contribution < 1.29 is 18.1 Å². The summed E-state index contributed by atoms with van der Waals surface area (Å²) in [5, 5.41) is 10.9. The maximum atomic E-state index is 12.8. The molecule has 5 nitrogen and oxygen atoms in total. The molecular weight excluding hydrogens is 379 g/mol. The number of nitrogens with zero attached hydrogens (tertiary/aromatic N) is 3. The maximum Gasteiger partial charge on any atom is 0.422 e. The summed E-state index contributed by atoms with van der Waals surface area (Å²) in [7, 11) is 0. The SMILES string of the molecule is O=[N+]([O-])c1cc(-c2cn3cc(Br)ccc3n2)ccc1C(F)(F)F. The molecular formula is C14H7BrF3N3O2. The third-order valence-electron chi connectivity index (χ3n) is 3.21. The summed E-state index contributed by atoms with van der Waals surface area (Å²) >= 11 is 3.30. The Bertz CT molecular complexity index is 921. The number of aromatic nitrogens is 2. The number of imidazole rings is 1. The lowest BCUT2D eigenvalue weighted by atomic mass is 10.1. The van der Waals surface area contributed by atoms with Crippen LogP contribution in [0.5, 0.6) is 0 Å². The van der Waals surface area contributed by atoms with Crippen LogP contribution in [-0.2, 0) is 6.18 Å². The summed E-state index contributed by atoms with van der Waals surface area (Å²) in [5.41, 5.74) is -1.11. The van der Waals surface area contributed by atoms with E-state index in [9.17, 15) is 23.3 Å². The van der Waals surface area contributed by atoms with Gasteiger partial charge in [-0.3, -0.25) is 10.1 Å². The first kappa shape index (κ1) is 15.5. The standard InChI is InChI=1S/C14H7BrF3N3O2/c15-9-2-4-13-19-11(7-20(13)6-9)8-1-3-10(14(16,17)18)12(5-8)21(22)23/h1-7H. The minimum atomic E-state index is -4.79. The molecule has 0 saturated heterocycles. The van der Waals surface area contributed by atoms with E-state index in [-0.39, 0.29) is 5.56 Å². The number of pyridine rings is 1. The van der Waals surface area contributed by atoms with Crippen molar-refractivity contribution >= 4 is 27.3 Å². The lowest BCUT2D eigenvalue weighted by Gasteiger charge is -2.08. The van der Waals surface area contributed by atoms with E-state index in [1.807, 2.05) is 0 Å². The van der Waals surface area contributed by atoms with Crippen LogP contribution >= 0.6 is 15.9 Å². The summed E-state index contributed by atoms with van der Waals surface area (Å²) in [5.74, 6) is 0. The minimum Gasteiger partial charge on any atom is -0.305 e. The Labute approximate surface area is 135 Å². The van der Waals surface area contributed by atoms with E-state index in [1.54, 1.807) is 28.9 Å². The quantitative estimate of drug-likeness (QED) is 0.474. The second-order valence-corrected chi connectivity index (χ2v) is 5.64. The molecule has 0 radical (unpaired) electrons. The minimum absolute atomic E-state index is 0.240. The molecule has 118 valence electrons. The molecule has 3 rings (SSSR count). The maximum absolute atomic E-state index is 12.8. The summed E-state index contributed by atoms with van der Waals surface area (Å²) in [6.07, 6.45) is -1.47. The van der Waals surface area contributed by atoms with Gasteiger partial charge in [0.05, 0.1) is 10.6 Å². The van der Waals surface area contributed by atoms with E-state index in [2.05, 4.69) is 20.9 Å². The zero-order chi connectivity index (χ0) is 16.8. The molecule has 0 fully saturated rings. The van der Waals surface area contributed by atoms with Gasteiger partial charge in [-0.05, 0) is 34.1 Å². The third-order valence-corrected chi connectivity index (χ3v) is 3.68. The summed E-state index contributed by atoms with van der Waals surface area (Å²) in [6, 6.07) is 6.24. The van der Waals surface area contributed by atoms with E-state index in [4.69, 9.17) is 0 Å². The molecule has 9 heteroatoms. The lowest BCUT2D eigenvalue weighted by molar-refractivity contribution is -0.388. The first-order valence-corrected chi connectivity index (χ1v) is 7.05. The fraction of sp³-hybridized carbons (Fsp3) is 0.0714. The average molecular weight is 386 g/mol. The zero-order valence-electron chi connectivity index (χ0n) is 11.2. The molecule has 0 atom stereocenters. The molecule has 3 aromatic rings. The smallest absolute Gasteiger partial charge is 0.305 e. The van der Waals surface area contributed by atoms with Crippen molar-refractivity contribution in [3.63, 3.8) is 0 Å². The topological polar surface area (TPSA) is 60.4 Å². The van der Waals surface area contributed by atoms with E-state index in [1.165, 1.54) is 6.07 Å². The normalized spacial score (nSPS) is 11.8. The second kappa shape index (κ2) is 5.34. The number of nitro groups is 1. The van der Waals surface area contributed by atoms with Crippen LogP contribution in [0.1, 0.15) is 5.56 Å². The fourth-order valence-electron chi connectivity index (χ4n) is 2.19. The van der Waals surface area contributed by atoms with Gasteiger partial charge in [-0.2, -0.15) is 13.2 Å². The van der Waals surface area contributed by atoms with Gasteiger partial charge in [0.25, 0.3) is 5.69 Å². The molecule has 1 aromatic carbocycles. The van der Waals surface area contributed by atoms with Gasteiger partial charge in [0, 0.05) is 28.5 Å². The number of nitro benzene ring substituents is 1. The number of fused-ring (bicyclic) bond motifs is 1. The fourth-order valence-corrected chi connectivity index (χ4v) is 2.54. The van der Waals surface area contributed by atoms with Crippen molar-refractivity contribution in [2.75, 3.05) is 0 Å². The Kier molecular flexibility index (Phi) is 3.59. The second-order valence-electron chi connectivity index (χ2n) is 4.73. The van der Waals surface area contributed by atoms with Crippen molar-refractivity contribution in [1.29, 1.82) is 0 Å². The van der Waals surface area contributed by atoms with Gasteiger partial charge in [-0.25, -0.2) is 4.98 Å². The van der Waals surface area contributed by atoms with Crippen molar-refractivity contribution in [2.45, 2.75) is 6.18 Å². The molecule has 0 aliphatic rings. The molecule has 0 unspecified atom stereocenters. The number of hydrogen-bond acceptors (Lipinski definition) is 3. The number of benzene rings is 1. The van der Waals surface area contributed by atoms with Crippen molar-refractivity contribution in [1.82, 2.24) is 9.38 Å². The largest absolute Gasteiger partial charge is 0.422 e. The summed E-state index contributed by atoms with van der Waals surface area (Å²) in [6.45, 7) is 0. The van der Waals surface area contributed by atoms with E-state index in [0.717, 1.165) is 10.5 Å². The highest BCUT2D eigenvalue weighted by molar-refractivity contribution is 9.10. The van der Waals surface area contributed by atoms with E-state index < -0.39 is 22.4 Å². The Morgan fingerprint density at radius 2 is 1.91 bits per heavy atom. The molecule has 0 saturated carbocycles. The molecule has 23 heavy (non-hydrogen) atoms. The first-order chi connectivity index (χ1) is 10.8. The Hall–Kier alpha value is -2.42. The van der Waals surface area contributed by atoms with Crippen LogP contribution in [0.25, 0.3) is 16.9 Å². The number of alkyl halides is 3. The van der Waals surface area contributed by atoms with Gasteiger partial charge in [-0.1, -0.05) is 6.07 Å². The molecule has 0 N–H and O–H groups in total. The predicted octanol–water partition coefficient (Wildman–Crippen LogP) is 4.69. The van der Waals surface area contributed by atoms with Gasteiger partial charge in [0.2, 0.25) is 0 Å². The third kappa shape index (κ3) is 2.91. The Morgan fingerprint density at radius 3 is 2.57 bits per heavy atom. The lowest BCUT2D eigenvalue weighted by Crippen LogP contribution is -2.08. The number of rotatable bonds is 2. The number of hydrogen-bond donors (Lipinski definition) is 0. The summed E-state index contributed by atoms with van der Waals surface area (Å²) in [4.78, 5) is 14.2. The predicted molar refractivity (Wildman–Crippen MR) is 80.0 cm³/mol. The molecule has 0 spiro atoms. The van der Waals surface area contributed by atoms with Gasteiger partial charge in [-0.15, -0.1) is 0 Å². The molecule has 0 aliphatic carbocycles. The van der Waals surface area contributed by atoms with Crippen molar-refractivity contribution in [3.05, 3.63) is 62.9 Å². The molecule has 0 bridgehead atoms. The van der Waals surface area contributed by atoms with Crippen LogP contribution in [0.2, 0.25) is 0 Å². The first-order valence-electron chi connectivity index (χ1n) is 6.26. The van der Waals surface area contributed by atoms with Gasteiger partial charge in [0.1, 0.15) is 11.2 Å². The molecule has 2 heterocycles. The van der Waals surface area contributed by atoms with Gasteiger partial charge >= 0.3 is 6.18 Å². The van der Waals surface area contributed by atoms with Crippen LogP contribution in [0.15, 0.2) is 47.2 Å². The number of halogens is 4. The zero-order valence-corrected chi connectivity index (χ0v) is 12.8. The van der Waals surface area contributed by atoms with Crippen LogP contribution in [-0.4, -0.2) is 14.3 Å². The Balaban J connectivity index is 2.15. The van der Waals surface area contributed by atoms with Gasteiger partial charge in [0.15, 0.2) is 0 Å². The van der Waals surface area contributed by atoms with E-state index >= 15 is 0 Å².